The van der Waals surface area contributed by atoms with E-state index in [0.717, 1.165) is 25.1 Å². The molecule has 1 unspecified atom stereocenters. The first-order valence-electron chi connectivity index (χ1n) is 4.99. The van der Waals surface area contributed by atoms with Crippen LogP contribution in [-0.4, -0.2) is 18.9 Å². The van der Waals surface area contributed by atoms with Gasteiger partial charge in [-0.1, -0.05) is 12.5 Å². The fourth-order valence-corrected chi connectivity index (χ4v) is 1.49. The standard InChI is InChI=1S/C11H19NO/c1-8(2)4-5-11(13)9(3)10-6-12-7-10/h9-10,12H,1,4-7H2,2-3H3. The van der Waals surface area contributed by atoms with Gasteiger partial charge in [-0.25, -0.2) is 0 Å². The second kappa shape index (κ2) is 4.56. The molecule has 0 amide bonds. The van der Waals surface area contributed by atoms with Crippen LogP contribution in [0.2, 0.25) is 0 Å². The van der Waals surface area contributed by atoms with E-state index in [4.69, 9.17) is 0 Å². The molecule has 0 bridgehead atoms. The summed E-state index contributed by atoms with van der Waals surface area (Å²) < 4.78 is 0. The Kier molecular flexibility index (Phi) is 3.67. The van der Waals surface area contributed by atoms with Gasteiger partial charge in [0.15, 0.2) is 0 Å². The molecular formula is C11H19NO. The molecule has 0 aliphatic carbocycles. The Hall–Kier alpha value is -0.630. The van der Waals surface area contributed by atoms with Crippen molar-refractivity contribution in [2.24, 2.45) is 11.8 Å². The van der Waals surface area contributed by atoms with Crippen LogP contribution < -0.4 is 5.32 Å². The number of allylic oxidation sites excluding steroid dienone is 1. The number of hydrogen-bond donors (Lipinski definition) is 1. The average Bonchev–Trinajstić information content (AvgIpc) is 1.96. The minimum Gasteiger partial charge on any atom is -0.316 e. The normalized spacial score (nSPS) is 19.2. The molecule has 0 spiro atoms. The summed E-state index contributed by atoms with van der Waals surface area (Å²) in [6.45, 7) is 9.85. The number of hydrogen-bond acceptors (Lipinski definition) is 2. The number of rotatable bonds is 5. The lowest BCUT2D eigenvalue weighted by Gasteiger charge is -2.31. The molecule has 1 heterocycles. The molecule has 1 rings (SSSR count). The number of carbonyl (C=O) groups is 1. The van der Waals surface area contributed by atoms with E-state index >= 15 is 0 Å². The summed E-state index contributed by atoms with van der Waals surface area (Å²) in [6, 6.07) is 0. The molecule has 1 atom stereocenters. The van der Waals surface area contributed by atoms with E-state index in [1.807, 2.05) is 13.8 Å². The van der Waals surface area contributed by atoms with Crippen molar-refractivity contribution in [1.29, 1.82) is 0 Å². The zero-order chi connectivity index (χ0) is 9.84. The summed E-state index contributed by atoms with van der Waals surface area (Å²) in [5, 5.41) is 3.19. The summed E-state index contributed by atoms with van der Waals surface area (Å²) in [4.78, 5) is 11.6. The van der Waals surface area contributed by atoms with Crippen LogP contribution >= 0.6 is 0 Å². The van der Waals surface area contributed by atoms with Gasteiger partial charge in [-0.3, -0.25) is 4.79 Å². The lowest BCUT2D eigenvalue weighted by Crippen LogP contribution is -2.47. The van der Waals surface area contributed by atoms with Crippen LogP contribution in [0.25, 0.3) is 0 Å². The summed E-state index contributed by atoms with van der Waals surface area (Å²) in [5.74, 6) is 1.22. The Morgan fingerprint density at radius 3 is 2.54 bits per heavy atom. The Bertz CT molecular complexity index is 206. The minimum absolute atomic E-state index is 0.237. The lowest BCUT2D eigenvalue weighted by molar-refractivity contribution is -0.124. The van der Waals surface area contributed by atoms with Crippen LogP contribution in [0, 0.1) is 11.8 Å². The summed E-state index contributed by atoms with van der Waals surface area (Å²) in [7, 11) is 0. The Morgan fingerprint density at radius 2 is 2.15 bits per heavy atom. The van der Waals surface area contributed by atoms with Crippen LogP contribution in [0.4, 0.5) is 0 Å². The fourth-order valence-electron chi connectivity index (χ4n) is 1.49. The Morgan fingerprint density at radius 1 is 1.54 bits per heavy atom. The third-order valence-corrected chi connectivity index (χ3v) is 2.83. The van der Waals surface area contributed by atoms with Gasteiger partial charge in [0.2, 0.25) is 0 Å². The minimum atomic E-state index is 0.237. The molecule has 1 aliphatic heterocycles. The monoisotopic (exact) mass is 181 g/mol. The molecule has 13 heavy (non-hydrogen) atoms. The van der Waals surface area contributed by atoms with Crippen LogP contribution in [0.3, 0.4) is 0 Å². The van der Waals surface area contributed by atoms with Crippen molar-refractivity contribution in [3.63, 3.8) is 0 Å². The maximum absolute atomic E-state index is 11.6. The number of ketones is 1. The first kappa shape index (κ1) is 10.5. The lowest BCUT2D eigenvalue weighted by atomic mass is 9.84. The van der Waals surface area contributed by atoms with Gasteiger partial charge in [0.1, 0.15) is 5.78 Å². The van der Waals surface area contributed by atoms with Gasteiger partial charge in [0.05, 0.1) is 0 Å². The maximum atomic E-state index is 11.6. The molecule has 2 heteroatoms. The van der Waals surface area contributed by atoms with E-state index in [2.05, 4.69) is 11.9 Å². The van der Waals surface area contributed by atoms with Crippen molar-refractivity contribution in [3.05, 3.63) is 12.2 Å². The van der Waals surface area contributed by atoms with Crippen molar-refractivity contribution in [1.82, 2.24) is 5.32 Å². The van der Waals surface area contributed by atoms with Crippen molar-refractivity contribution < 1.29 is 4.79 Å². The topological polar surface area (TPSA) is 29.1 Å². The van der Waals surface area contributed by atoms with Crippen LogP contribution in [-0.2, 0) is 4.79 Å². The van der Waals surface area contributed by atoms with Crippen molar-refractivity contribution in [3.8, 4) is 0 Å². The van der Waals surface area contributed by atoms with Gasteiger partial charge in [0, 0.05) is 12.3 Å². The van der Waals surface area contributed by atoms with Crippen molar-refractivity contribution in [2.45, 2.75) is 26.7 Å². The second-order valence-corrected chi connectivity index (χ2v) is 4.13. The van der Waals surface area contributed by atoms with Crippen LogP contribution in [0.5, 0.6) is 0 Å². The third kappa shape index (κ3) is 2.96. The van der Waals surface area contributed by atoms with Gasteiger partial charge < -0.3 is 5.32 Å². The van der Waals surface area contributed by atoms with Gasteiger partial charge in [-0.2, -0.15) is 0 Å². The predicted octanol–water partition coefficient (Wildman–Crippen LogP) is 1.77. The number of Topliss-reactive ketones (excluding diaryl/α,β-unsaturated/α-hetero) is 1. The van der Waals surface area contributed by atoms with E-state index in [9.17, 15) is 4.79 Å². The summed E-state index contributed by atoms with van der Waals surface area (Å²) in [6.07, 6.45) is 1.52. The van der Waals surface area contributed by atoms with Crippen LogP contribution in [0.1, 0.15) is 26.7 Å². The summed E-state index contributed by atoms with van der Waals surface area (Å²) >= 11 is 0. The van der Waals surface area contributed by atoms with Gasteiger partial charge in [-0.15, -0.1) is 6.58 Å². The van der Waals surface area contributed by atoms with Crippen molar-refractivity contribution in [2.75, 3.05) is 13.1 Å². The van der Waals surface area contributed by atoms with E-state index < -0.39 is 0 Å². The highest BCUT2D eigenvalue weighted by Crippen LogP contribution is 2.19. The highest BCUT2D eigenvalue weighted by Gasteiger charge is 2.27. The molecule has 2 nitrogen and oxygen atoms in total. The first-order valence-corrected chi connectivity index (χ1v) is 4.99. The zero-order valence-electron chi connectivity index (χ0n) is 8.60. The molecule has 0 aromatic carbocycles. The molecular weight excluding hydrogens is 162 g/mol. The summed E-state index contributed by atoms with van der Waals surface area (Å²) in [5.41, 5.74) is 1.10. The SMILES string of the molecule is C=C(C)CCC(=O)C(C)C1CNC1. The first-order chi connectivity index (χ1) is 6.11. The van der Waals surface area contributed by atoms with Gasteiger partial charge >= 0.3 is 0 Å². The molecule has 0 radical (unpaired) electrons. The van der Waals surface area contributed by atoms with E-state index in [1.54, 1.807) is 0 Å². The van der Waals surface area contributed by atoms with E-state index in [-0.39, 0.29) is 5.92 Å². The molecule has 0 aromatic rings. The van der Waals surface area contributed by atoms with Gasteiger partial charge in [0.25, 0.3) is 0 Å². The van der Waals surface area contributed by atoms with Crippen LogP contribution in [0.15, 0.2) is 12.2 Å². The average molecular weight is 181 g/mol. The number of nitrogens with one attached hydrogen (secondary N) is 1. The molecule has 0 aromatic heterocycles. The highest BCUT2D eigenvalue weighted by molar-refractivity contribution is 5.81. The zero-order valence-corrected chi connectivity index (χ0v) is 8.60. The molecule has 1 fully saturated rings. The molecule has 0 saturated carbocycles. The van der Waals surface area contributed by atoms with E-state index in [0.29, 0.717) is 18.1 Å². The highest BCUT2D eigenvalue weighted by atomic mass is 16.1. The largest absolute Gasteiger partial charge is 0.316 e. The Balaban J connectivity index is 2.25. The third-order valence-electron chi connectivity index (χ3n) is 2.83. The second-order valence-electron chi connectivity index (χ2n) is 4.13. The molecule has 1 saturated heterocycles. The maximum Gasteiger partial charge on any atom is 0.136 e. The van der Waals surface area contributed by atoms with Gasteiger partial charge in [-0.05, 0) is 32.4 Å². The Labute approximate surface area is 80.4 Å². The van der Waals surface area contributed by atoms with Crippen molar-refractivity contribution >= 4 is 5.78 Å². The number of carbonyl (C=O) groups excluding carboxylic acids is 1. The fraction of sp³-hybridized carbons (Fsp3) is 0.727. The predicted molar refractivity (Wildman–Crippen MR) is 54.6 cm³/mol. The molecule has 74 valence electrons. The quantitative estimate of drug-likeness (QED) is 0.655. The molecule has 1 N–H and O–H groups in total. The smallest absolute Gasteiger partial charge is 0.136 e. The molecule has 1 aliphatic rings. The van der Waals surface area contributed by atoms with E-state index in [1.165, 1.54) is 0 Å².